The van der Waals surface area contributed by atoms with Gasteiger partial charge in [0.15, 0.2) is 0 Å². The van der Waals surface area contributed by atoms with Crippen molar-refractivity contribution in [3.63, 3.8) is 0 Å². The third-order valence-corrected chi connectivity index (χ3v) is 2.46. The molecule has 20 heavy (non-hydrogen) atoms. The maximum atomic E-state index is 12.9. The fourth-order valence-corrected chi connectivity index (χ4v) is 1.55. The maximum absolute atomic E-state index is 12.9. The average Bonchev–Trinajstić information content (AvgIpc) is 2.40. The van der Waals surface area contributed by atoms with E-state index in [1.807, 2.05) is 0 Å². The lowest BCUT2D eigenvalue weighted by atomic mass is 10.1. The van der Waals surface area contributed by atoms with E-state index < -0.39 is 29.2 Å². The predicted octanol–water partition coefficient (Wildman–Crippen LogP) is 3.49. The second-order valence-corrected chi connectivity index (χ2v) is 3.88. The molecule has 0 saturated carbocycles. The van der Waals surface area contributed by atoms with E-state index in [2.05, 4.69) is 10.3 Å². The maximum Gasteiger partial charge on any atom is 0.418 e. The Balaban J connectivity index is 2.33. The van der Waals surface area contributed by atoms with Crippen LogP contribution in [0.3, 0.4) is 0 Å². The van der Waals surface area contributed by atoms with E-state index in [4.69, 9.17) is 0 Å². The summed E-state index contributed by atoms with van der Waals surface area (Å²) in [7, 11) is 0. The Morgan fingerprint density at radius 2 is 1.95 bits per heavy atom. The second kappa shape index (κ2) is 5.28. The van der Waals surface area contributed by atoms with Crippen LogP contribution in [0.1, 0.15) is 15.9 Å². The van der Waals surface area contributed by atoms with Gasteiger partial charge in [-0.1, -0.05) is 0 Å². The quantitative estimate of drug-likeness (QED) is 0.858. The largest absolute Gasteiger partial charge is 0.418 e. The van der Waals surface area contributed by atoms with E-state index in [-0.39, 0.29) is 5.56 Å². The highest BCUT2D eigenvalue weighted by Gasteiger charge is 2.34. The summed E-state index contributed by atoms with van der Waals surface area (Å²) < 4.78 is 51.2. The Kier molecular flexibility index (Phi) is 3.69. The van der Waals surface area contributed by atoms with Crippen molar-refractivity contribution >= 4 is 11.6 Å². The molecule has 2 aromatic rings. The number of carbonyl (C=O) groups is 1. The van der Waals surface area contributed by atoms with Crippen molar-refractivity contribution in [2.45, 2.75) is 6.18 Å². The second-order valence-electron chi connectivity index (χ2n) is 3.88. The number of pyridine rings is 1. The van der Waals surface area contributed by atoms with Gasteiger partial charge in [-0.05, 0) is 30.3 Å². The molecule has 0 aliphatic carbocycles. The number of hydrogen-bond acceptors (Lipinski definition) is 2. The number of amides is 1. The zero-order chi connectivity index (χ0) is 14.8. The van der Waals surface area contributed by atoms with Crippen molar-refractivity contribution in [1.82, 2.24) is 4.98 Å². The van der Waals surface area contributed by atoms with E-state index in [0.717, 1.165) is 12.1 Å². The topological polar surface area (TPSA) is 42.0 Å². The van der Waals surface area contributed by atoms with Gasteiger partial charge in [0.2, 0.25) is 0 Å². The number of carbonyl (C=O) groups excluding carboxylic acids is 1. The first-order valence-electron chi connectivity index (χ1n) is 5.46. The monoisotopic (exact) mass is 284 g/mol. The molecule has 3 nitrogen and oxygen atoms in total. The Morgan fingerprint density at radius 3 is 2.55 bits per heavy atom. The summed E-state index contributed by atoms with van der Waals surface area (Å²) in [5, 5.41) is 2.09. The van der Waals surface area contributed by atoms with Crippen LogP contribution in [0.4, 0.5) is 23.2 Å². The summed E-state index contributed by atoms with van der Waals surface area (Å²) in [6.07, 6.45) is -2.12. The molecule has 1 aromatic carbocycles. The Labute approximate surface area is 111 Å². The van der Waals surface area contributed by atoms with E-state index >= 15 is 0 Å². The molecule has 104 valence electrons. The first-order valence-corrected chi connectivity index (χ1v) is 5.46. The van der Waals surface area contributed by atoms with Crippen LogP contribution in [-0.2, 0) is 6.18 Å². The standard InChI is InChI=1S/C13H8F4N2O/c14-9-3-4-11(10(6-9)13(15,16)17)19-12(20)8-2-1-5-18-7-8/h1-7H,(H,19,20). The summed E-state index contributed by atoms with van der Waals surface area (Å²) in [5.41, 5.74) is -1.65. The van der Waals surface area contributed by atoms with Gasteiger partial charge >= 0.3 is 6.18 Å². The van der Waals surface area contributed by atoms with Gasteiger partial charge in [-0.3, -0.25) is 9.78 Å². The van der Waals surface area contributed by atoms with Gasteiger partial charge in [0.1, 0.15) is 5.82 Å². The number of alkyl halides is 3. The lowest BCUT2D eigenvalue weighted by Crippen LogP contribution is -2.17. The van der Waals surface area contributed by atoms with Crippen LogP contribution in [0.2, 0.25) is 0 Å². The van der Waals surface area contributed by atoms with E-state index in [1.54, 1.807) is 0 Å². The van der Waals surface area contributed by atoms with Crippen LogP contribution in [0.15, 0.2) is 42.7 Å². The third-order valence-electron chi connectivity index (χ3n) is 2.46. The Morgan fingerprint density at radius 1 is 1.20 bits per heavy atom. The fourth-order valence-electron chi connectivity index (χ4n) is 1.55. The lowest BCUT2D eigenvalue weighted by molar-refractivity contribution is -0.137. The molecule has 0 saturated heterocycles. The molecule has 2 rings (SSSR count). The number of rotatable bonds is 2. The SMILES string of the molecule is O=C(Nc1ccc(F)cc1C(F)(F)F)c1cccnc1. The molecule has 0 aliphatic heterocycles. The van der Waals surface area contributed by atoms with Gasteiger partial charge in [-0.2, -0.15) is 13.2 Å². The molecule has 0 aliphatic rings. The van der Waals surface area contributed by atoms with Gasteiger partial charge in [-0.15, -0.1) is 0 Å². The number of halogens is 4. The zero-order valence-electron chi connectivity index (χ0n) is 9.91. The predicted molar refractivity (Wildman–Crippen MR) is 63.6 cm³/mol. The van der Waals surface area contributed by atoms with Crippen molar-refractivity contribution in [3.8, 4) is 0 Å². The minimum Gasteiger partial charge on any atom is -0.321 e. The smallest absolute Gasteiger partial charge is 0.321 e. The average molecular weight is 284 g/mol. The van der Waals surface area contributed by atoms with Crippen LogP contribution in [-0.4, -0.2) is 10.9 Å². The number of hydrogen-bond donors (Lipinski definition) is 1. The molecule has 0 radical (unpaired) electrons. The normalized spacial score (nSPS) is 11.2. The summed E-state index contributed by atoms with van der Waals surface area (Å²) in [4.78, 5) is 15.5. The Hall–Kier alpha value is -2.44. The molecular formula is C13H8F4N2O. The molecule has 0 spiro atoms. The number of nitrogens with zero attached hydrogens (tertiary/aromatic N) is 1. The first kappa shape index (κ1) is 14.0. The molecule has 1 aromatic heterocycles. The summed E-state index contributed by atoms with van der Waals surface area (Å²) >= 11 is 0. The van der Waals surface area contributed by atoms with Gasteiger partial charge < -0.3 is 5.32 Å². The van der Waals surface area contributed by atoms with E-state index in [9.17, 15) is 22.4 Å². The molecule has 0 bridgehead atoms. The third kappa shape index (κ3) is 3.11. The molecular weight excluding hydrogens is 276 g/mol. The van der Waals surface area contributed by atoms with Gasteiger partial charge in [0, 0.05) is 12.4 Å². The van der Waals surface area contributed by atoms with Crippen LogP contribution in [0.25, 0.3) is 0 Å². The fraction of sp³-hybridized carbons (Fsp3) is 0.0769. The molecule has 7 heteroatoms. The van der Waals surface area contributed by atoms with E-state index in [0.29, 0.717) is 6.07 Å². The number of anilines is 1. The van der Waals surface area contributed by atoms with Crippen molar-refractivity contribution in [2.75, 3.05) is 5.32 Å². The molecule has 1 amide bonds. The van der Waals surface area contributed by atoms with Crippen LogP contribution < -0.4 is 5.32 Å². The summed E-state index contributed by atoms with van der Waals surface area (Å²) in [5.74, 6) is -1.79. The first-order chi connectivity index (χ1) is 9.38. The number of benzene rings is 1. The van der Waals surface area contributed by atoms with Crippen molar-refractivity contribution in [1.29, 1.82) is 0 Å². The van der Waals surface area contributed by atoms with Crippen LogP contribution >= 0.6 is 0 Å². The zero-order valence-corrected chi connectivity index (χ0v) is 9.91. The number of aromatic nitrogens is 1. The number of nitrogens with one attached hydrogen (secondary N) is 1. The minimum atomic E-state index is -4.76. The van der Waals surface area contributed by atoms with Crippen LogP contribution in [0, 0.1) is 5.82 Å². The summed E-state index contributed by atoms with van der Waals surface area (Å²) in [6, 6.07) is 4.92. The Bertz CT molecular complexity index is 626. The van der Waals surface area contributed by atoms with Gasteiger partial charge in [-0.25, -0.2) is 4.39 Å². The molecule has 1 heterocycles. The van der Waals surface area contributed by atoms with Crippen molar-refractivity contribution < 1.29 is 22.4 Å². The van der Waals surface area contributed by atoms with Crippen molar-refractivity contribution in [2.24, 2.45) is 0 Å². The highest BCUT2D eigenvalue weighted by atomic mass is 19.4. The highest BCUT2D eigenvalue weighted by molar-refractivity contribution is 6.04. The highest BCUT2D eigenvalue weighted by Crippen LogP contribution is 2.35. The molecule has 0 atom stereocenters. The van der Waals surface area contributed by atoms with Crippen molar-refractivity contribution in [3.05, 3.63) is 59.7 Å². The van der Waals surface area contributed by atoms with Gasteiger partial charge in [0.05, 0.1) is 16.8 Å². The molecule has 0 fully saturated rings. The van der Waals surface area contributed by atoms with Gasteiger partial charge in [0.25, 0.3) is 5.91 Å². The van der Waals surface area contributed by atoms with E-state index in [1.165, 1.54) is 24.5 Å². The lowest BCUT2D eigenvalue weighted by Gasteiger charge is -2.13. The summed E-state index contributed by atoms with van der Waals surface area (Å²) in [6.45, 7) is 0. The molecule has 0 unspecified atom stereocenters. The minimum absolute atomic E-state index is 0.102. The van der Waals surface area contributed by atoms with Crippen LogP contribution in [0.5, 0.6) is 0 Å². The molecule has 1 N–H and O–H groups in total.